The van der Waals surface area contributed by atoms with Gasteiger partial charge in [-0.1, -0.05) is 27.7 Å². The summed E-state index contributed by atoms with van der Waals surface area (Å²) in [5, 5.41) is 13.7. The summed E-state index contributed by atoms with van der Waals surface area (Å²) in [6.45, 7) is 7.78. The fourth-order valence-corrected chi connectivity index (χ4v) is 8.02. The third-order valence-corrected chi connectivity index (χ3v) is 11.2. The molecule has 56 heavy (non-hydrogen) atoms. The summed E-state index contributed by atoms with van der Waals surface area (Å²) >= 11 is 0. The van der Waals surface area contributed by atoms with Gasteiger partial charge in [0.05, 0.1) is 19.9 Å². The van der Waals surface area contributed by atoms with E-state index in [9.17, 15) is 37.2 Å². The lowest BCUT2D eigenvalue weighted by molar-refractivity contribution is -0.139. The minimum atomic E-state index is -4.15. The van der Waals surface area contributed by atoms with Crippen molar-refractivity contribution >= 4 is 68.7 Å². The maximum absolute atomic E-state index is 13.5. The van der Waals surface area contributed by atoms with Crippen LogP contribution in [-0.2, 0) is 38.7 Å². The van der Waals surface area contributed by atoms with Gasteiger partial charge < -0.3 is 45.9 Å². The van der Waals surface area contributed by atoms with Gasteiger partial charge in [0.2, 0.25) is 23.6 Å². The average molecular weight is 797 g/mol. The molecule has 4 atom stereocenters. The molecule has 2 aromatic carbocycles. The highest BCUT2D eigenvalue weighted by Gasteiger charge is 2.40. The number of nitrogens with zero attached hydrogens (tertiary/aromatic N) is 3. The van der Waals surface area contributed by atoms with E-state index in [0.717, 1.165) is 0 Å². The zero-order chi connectivity index (χ0) is 40.9. The number of amidine groups is 1. The molecule has 0 radical (unpaired) electrons. The number of sulfonamides is 1. The van der Waals surface area contributed by atoms with Crippen LogP contribution in [0.25, 0.3) is 0 Å². The molecule has 19 heteroatoms. The molecule has 0 unspecified atom stereocenters. The third-order valence-electron chi connectivity index (χ3n) is 9.88. The van der Waals surface area contributed by atoms with Crippen LogP contribution in [0.5, 0.6) is 0 Å². The van der Waals surface area contributed by atoms with E-state index < -0.39 is 64.1 Å². The largest absolute Gasteiger partial charge is 0.453 e. The third kappa shape index (κ3) is 9.21. The first kappa shape index (κ1) is 41.4. The Balaban J connectivity index is 1.25. The molecular formula is C37H48N8O10S. The van der Waals surface area contributed by atoms with E-state index in [1.165, 1.54) is 42.2 Å². The van der Waals surface area contributed by atoms with Crippen LogP contribution < -0.4 is 26.6 Å². The first-order chi connectivity index (χ1) is 26.5. The van der Waals surface area contributed by atoms with Gasteiger partial charge in [-0.2, -0.15) is 8.42 Å². The van der Waals surface area contributed by atoms with Gasteiger partial charge >= 0.3 is 12.2 Å². The van der Waals surface area contributed by atoms with E-state index in [1.807, 2.05) is 0 Å². The summed E-state index contributed by atoms with van der Waals surface area (Å²) in [5.74, 6) is -2.19. The SMILES string of the molecule is COC(=O)N[C@H](C(=O)N1CCC[C@H]1C(=O)Nc1ccc(C2=NS(=O)(=O)c3ccc(NC(=O)[C@@H]4CCCN4C(=O)[C@@H](NC(=O)OC)C(C)C)cc3N2)cc1)C(C)C. The van der Waals surface area contributed by atoms with Gasteiger partial charge in [-0.25, -0.2) is 9.59 Å². The topological polar surface area (TPSA) is 234 Å². The number of likely N-dealkylation sites (tertiary alicyclic amines) is 2. The van der Waals surface area contributed by atoms with E-state index in [-0.39, 0.29) is 39.8 Å². The quantitative estimate of drug-likeness (QED) is 0.222. The molecule has 0 aromatic heterocycles. The van der Waals surface area contributed by atoms with Crippen molar-refractivity contribution in [3.05, 3.63) is 48.0 Å². The molecule has 3 aliphatic rings. The number of nitrogens with one attached hydrogen (secondary N) is 5. The van der Waals surface area contributed by atoms with Gasteiger partial charge in [-0.05, 0) is 80.0 Å². The van der Waals surface area contributed by atoms with Crippen molar-refractivity contribution < 1.29 is 46.7 Å². The Kier molecular flexibility index (Phi) is 12.9. The first-order valence-corrected chi connectivity index (χ1v) is 19.8. The van der Waals surface area contributed by atoms with E-state index in [1.54, 1.807) is 52.0 Å². The Morgan fingerprint density at radius 2 is 1.20 bits per heavy atom. The molecular weight excluding hydrogens is 749 g/mol. The molecule has 2 saturated heterocycles. The van der Waals surface area contributed by atoms with Crippen molar-refractivity contribution in [3.8, 4) is 0 Å². The predicted octanol–water partition coefficient (Wildman–Crippen LogP) is 2.87. The molecule has 5 rings (SSSR count). The van der Waals surface area contributed by atoms with Crippen LogP contribution in [0.15, 0.2) is 51.8 Å². The van der Waals surface area contributed by atoms with Crippen LogP contribution in [0.4, 0.5) is 26.7 Å². The van der Waals surface area contributed by atoms with Crippen LogP contribution >= 0.6 is 0 Å². The number of anilines is 3. The second kappa shape index (κ2) is 17.4. The van der Waals surface area contributed by atoms with Gasteiger partial charge in [-0.3, -0.25) is 19.2 Å². The van der Waals surface area contributed by atoms with Crippen molar-refractivity contribution in [3.63, 3.8) is 0 Å². The lowest BCUT2D eigenvalue weighted by atomic mass is 10.0. The molecule has 0 aliphatic carbocycles. The number of benzene rings is 2. The van der Waals surface area contributed by atoms with Gasteiger partial charge in [0, 0.05) is 30.0 Å². The second-order valence-electron chi connectivity index (χ2n) is 14.4. The number of carbonyl (C=O) groups excluding carboxylic acids is 6. The number of alkyl carbamates (subject to hydrolysis) is 2. The molecule has 6 amide bonds. The van der Waals surface area contributed by atoms with E-state index in [4.69, 9.17) is 0 Å². The van der Waals surface area contributed by atoms with Crippen LogP contribution in [0.2, 0.25) is 0 Å². The second-order valence-corrected chi connectivity index (χ2v) is 16.0. The summed E-state index contributed by atoms with van der Waals surface area (Å²) < 4.78 is 39.7. The monoisotopic (exact) mass is 796 g/mol. The molecule has 2 fully saturated rings. The highest BCUT2D eigenvalue weighted by molar-refractivity contribution is 7.90. The van der Waals surface area contributed by atoms with Crippen molar-refractivity contribution in [1.82, 2.24) is 20.4 Å². The number of hydrogen-bond donors (Lipinski definition) is 5. The van der Waals surface area contributed by atoms with E-state index in [0.29, 0.717) is 50.0 Å². The van der Waals surface area contributed by atoms with Gasteiger partial charge in [0.1, 0.15) is 29.1 Å². The normalized spacial score (nSPS) is 19.5. The Labute approximate surface area is 325 Å². The Hall–Kier alpha value is -5.72. The standard InChI is InChI=1S/C37H48N8O10S/c1-20(2)29(41-36(50)54-5)34(48)44-17-7-9-26(44)32(46)38-23-13-11-22(12-14-23)31-40-25-19-24(15-16-28(25)56(52,53)43-31)39-33(47)27-10-8-18-45(27)35(49)30(21(3)4)42-37(51)55-6/h11-16,19-21,26-27,29-30H,7-10,17-18H2,1-6H3,(H,38,46)(H,39,47)(H,40,43)(H,41,50)(H,42,51)/t26-,27-,29-,30-/m0/s1. The number of hydrogen-bond acceptors (Lipinski definition) is 11. The molecule has 302 valence electrons. The Morgan fingerprint density at radius 3 is 1.66 bits per heavy atom. The first-order valence-electron chi connectivity index (χ1n) is 18.3. The fraction of sp³-hybridized carbons (Fsp3) is 0.486. The van der Waals surface area contributed by atoms with Crippen LogP contribution in [-0.4, -0.2) is 111 Å². The van der Waals surface area contributed by atoms with Crippen molar-refractivity contribution in [2.75, 3.05) is 43.3 Å². The summed E-state index contributed by atoms with van der Waals surface area (Å²) in [4.78, 5) is 80.2. The number of ether oxygens (including phenoxy) is 2. The lowest BCUT2D eigenvalue weighted by Gasteiger charge is -2.30. The molecule has 0 saturated carbocycles. The molecule has 5 N–H and O–H groups in total. The summed E-state index contributed by atoms with van der Waals surface area (Å²) in [6.07, 6.45) is 0.512. The Bertz CT molecular complexity index is 2000. The molecule has 0 spiro atoms. The van der Waals surface area contributed by atoms with Crippen molar-refractivity contribution in [2.24, 2.45) is 16.2 Å². The molecule has 2 aromatic rings. The maximum Gasteiger partial charge on any atom is 0.407 e. The van der Waals surface area contributed by atoms with Gasteiger partial charge in [0.25, 0.3) is 10.0 Å². The van der Waals surface area contributed by atoms with Crippen LogP contribution in [0, 0.1) is 11.8 Å². The highest BCUT2D eigenvalue weighted by atomic mass is 32.2. The fourth-order valence-electron chi connectivity index (χ4n) is 6.90. The van der Waals surface area contributed by atoms with Gasteiger partial charge in [0.15, 0.2) is 5.84 Å². The Morgan fingerprint density at radius 1 is 0.732 bits per heavy atom. The smallest absolute Gasteiger partial charge is 0.407 e. The number of amides is 6. The molecule has 0 bridgehead atoms. The highest BCUT2D eigenvalue weighted by Crippen LogP contribution is 2.32. The van der Waals surface area contributed by atoms with Gasteiger partial charge in [-0.15, -0.1) is 4.40 Å². The number of rotatable bonds is 11. The molecule has 3 aliphatic heterocycles. The summed E-state index contributed by atoms with van der Waals surface area (Å²) in [6, 6.07) is 7.17. The minimum absolute atomic E-state index is 0.00893. The number of fused-ring (bicyclic) bond motifs is 1. The zero-order valence-electron chi connectivity index (χ0n) is 32.1. The van der Waals surface area contributed by atoms with Crippen LogP contribution in [0.3, 0.4) is 0 Å². The molecule has 3 heterocycles. The number of methoxy groups -OCH3 is 2. The minimum Gasteiger partial charge on any atom is -0.453 e. The summed E-state index contributed by atoms with van der Waals surface area (Å²) in [7, 11) is -1.75. The average Bonchev–Trinajstić information content (AvgIpc) is 3.86. The lowest BCUT2D eigenvalue weighted by Crippen LogP contribution is -2.54. The van der Waals surface area contributed by atoms with E-state index >= 15 is 0 Å². The zero-order valence-corrected chi connectivity index (χ0v) is 32.9. The van der Waals surface area contributed by atoms with Crippen molar-refractivity contribution in [2.45, 2.75) is 82.4 Å². The van der Waals surface area contributed by atoms with Crippen LogP contribution in [0.1, 0.15) is 58.9 Å². The van der Waals surface area contributed by atoms with Crippen molar-refractivity contribution in [1.29, 1.82) is 0 Å². The molecule has 18 nitrogen and oxygen atoms in total. The summed E-state index contributed by atoms with van der Waals surface area (Å²) in [5.41, 5.74) is 1.23. The predicted molar refractivity (Wildman–Crippen MR) is 205 cm³/mol. The van der Waals surface area contributed by atoms with E-state index in [2.05, 4.69) is 40.5 Å². The number of carbonyl (C=O) groups is 6. The maximum atomic E-state index is 13.5.